The maximum atomic E-state index is 10.5. The zero-order valence-electron chi connectivity index (χ0n) is 98.3. The average molecular weight is 2230 g/mol. The summed E-state index contributed by atoms with van der Waals surface area (Å²) >= 11 is 0. The molecule has 44 heteroatoms. The van der Waals surface area contributed by atoms with Gasteiger partial charge in [-0.05, 0) is 228 Å². The van der Waals surface area contributed by atoms with Crippen LogP contribution in [-0.2, 0) is 143 Å². The molecule has 0 aliphatic carbocycles. The van der Waals surface area contributed by atoms with Gasteiger partial charge in [-0.25, -0.2) is 9.59 Å². The third-order valence-corrected chi connectivity index (χ3v) is 19.4. The molecule has 10 unspecified atom stereocenters. The van der Waals surface area contributed by atoms with E-state index in [-0.39, 0.29) is 318 Å². The SMILES string of the molecule is CCC(C)C.CCC(C)C.CCC(C)C.CCC(C)OCC(=O)O.CCC(C)OCC(=O)[O-].CCC(C)OCC(CC(=O)O)CC(=O)O.CCC(C)OCC(CC(=O)[O-])CC(=O)[O-].CCC(C)OCCCC(=O)O.CCC(C)OCCCC(=O)[O-].CCC(C)OCCOCC(=O)O.CCC(C)OCCOCC(=O)[O-].CCC(C)OCCOCCCCCC(=O)[O-].CCC(C)OCCOCCCCCC(=O)[O-].[K+].[Li+].[Na+].[Na+].[Na+].[Zn+2]. The van der Waals surface area contributed by atoms with Gasteiger partial charge in [-0.3, -0.25) is 14.4 Å². The van der Waals surface area contributed by atoms with Crippen LogP contribution < -0.4 is 195 Å². The molecule has 848 valence electrons. The summed E-state index contributed by atoms with van der Waals surface area (Å²) in [5, 5.41) is 112. The molecule has 0 aromatic carbocycles. The van der Waals surface area contributed by atoms with E-state index in [1.165, 1.54) is 19.3 Å². The van der Waals surface area contributed by atoms with Crippen molar-refractivity contribution in [3.05, 3.63) is 0 Å². The average Bonchev–Trinajstić information content (AvgIpc) is 0.957. The molecule has 0 aromatic rings. The monoisotopic (exact) mass is 2230 g/mol. The maximum absolute atomic E-state index is 10.5. The van der Waals surface area contributed by atoms with Crippen LogP contribution in [0.1, 0.15) is 387 Å². The predicted molar refractivity (Wildman–Crippen MR) is 530 cm³/mol. The molecule has 0 rings (SSSR count). The Morgan fingerprint density at radius 1 is 0.211 bits per heavy atom. The fourth-order valence-electron chi connectivity index (χ4n) is 7.61. The first-order chi connectivity index (χ1) is 66.0. The molecule has 5 N–H and O–H groups in total. The van der Waals surface area contributed by atoms with Crippen LogP contribution in [0.5, 0.6) is 0 Å². The second kappa shape index (κ2) is 151. The number of carboxylic acid groups (broad SMARTS) is 12. The van der Waals surface area contributed by atoms with E-state index in [1.807, 2.05) is 125 Å². The number of ether oxygens (including phenoxy) is 14. The number of unbranched alkanes of at least 4 members (excludes halogenated alkanes) is 4. The molecule has 0 aliphatic rings. The molecule has 0 radical (unpaired) electrons. The van der Waals surface area contributed by atoms with Crippen LogP contribution in [0.25, 0.3) is 0 Å². The number of carbonyl (C=O) groups is 12. The molecule has 147 heavy (non-hydrogen) atoms. The van der Waals surface area contributed by atoms with E-state index >= 15 is 0 Å². The molecule has 38 nitrogen and oxygen atoms in total. The Bertz CT molecular complexity index is 2560. The van der Waals surface area contributed by atoms with Crippen molar-refractivity contribution in [2.45, 2.75) is 448 Å². The van der Waals surface area contributed by atoms with Crippen LogP contribution in [0, 0.1) is 29.6 Å². The van der Waals surface area contributed by atoms with Crippen LogP contribution in [0.15, 0.2) is 0 Å². The van der Waals surface area contributed by atoms with Crippen LogP contribution in [0.3, 0.4) is 0 Å². The zero-order valence-corrected chi connectivity index (χ0v) is 110. The molecule has 0 saturated heterocycles. The number of rotatable bonds is 75. The van der Waals surface area contributed by atoms with Crippen molar-refractivity contribution in [1.82, 2.24) is 0 Å². The van der Waals surface area contributed by atoms with Crippen molar-refractivity contribution >= 4 is 71.6 Å². The Kier molecular flexibility index (Phi) is 196. The van der Waals surface area contributed by atoms with Gasteiger partial charge in [0, 0.05) is 68.6 Å². The topological polar surface area (TPSA) is 597 Å². The van der Waals surface area contributed by atoms with Gasteiger partial charge >= 0.3 is 208 Å². The second-order valence-electron chi connectivity index (χ2n) is 34.4. The first-order valence-corrected chi connectivity index (χ1v) is 51.0. The summed E-state index contributed by atoms with van der Waals surface area (Å²) in [6.07, 6.45) is 20.4. The van der Waals surface area contributed by atoms with E-state index in [0.29, 0.717) is 117 Å². The number of hydrogen-bond acceptors (Lipinski definition) is 33. The molecule has 0 amide bonds. The van der Waals surface area contributed by atoms with Crippen LogP contribution in [-0.4, -0.2) is 277 Å². The van der Waals surface area contributed by atoms with Crippen molar-refractivity contribution in [1.29, 1.82) is 0 Å². The van der Waals surface area contributed by atoms with E-state index in [2.05, 4.69) is 76.2 Å². The third kappa shape index (κ3) is 224. The number of carboxylic acids is 12. The molecular weight excluding hydrogens is 2030 g/mol. The first-order valence-electron chi connectivity index (χ1n) is 51.0. The van der Waals surface area contributed by atoms with Gasteiger partial charge in [-0.1, -0.05) is 164 Å². The minimum atomic E-state index is -1.27. The quantitative estimate of drug-likeness (QED) is 0.0290. The van der Waals surface area contributed by atoms with Gasteiger partial charge in [0.1, 0.15) is 13.2 Å². The minimum absolute atomic E-state index is 0. The molecule has 0 aliphatic heterocycles. The largest absolute Gasteiger partial charge is 2.00 e. The molecule has 0 heterocycles. The van der Waals surface area contributed by atoms with Crippen LogP contribution in [0.4, 0.5) is 0 Å². The van der Waals surface area contributed by atoms with Crippen molar-refractivity contribution in [2.75, 3.05) is 119 Å². The smallest absolute Gasteiger partial charge is 0.550 e. The number of hydrogen-bond donors (Lipinski definition) is 5. The summed E-state index contributed by atoms with van der Waals surface area (Å²) in [7, 11) is 0. The Labute approximate surface area is 1020 Å². The minimum Gasteiger partial charge on any atom is -0.550 e. The van der Waals surface area contributed by atoms with E-state index in [1.54, 1.807) is 0 Å². The van der Waals surface area contributed by atoms with Crippen molar-refractivity contribution in [3.8, 4) is 0 Å². The van der Waals surface area contributed by atoms with Gasteiger partial charge in [0.15, 0.2) is 0 Å². The van der Waals surface area contributed by atoms with Gasteiger partial charge in [-0.2, -0.15) is 0 Å². The molecule has 0 bridgehead atoms. The summed E-state index contributed by atoms with van der Waals surface area (Å²) < 4.78 is 72.3. The standard InChI is InChI=1S/2C12H24O4.2C10H18O5.2C8H16O4.2C8H16O3.2C6H12O3.3C5H12.K.Li.3Na.Zn/c2*1-3-11(2)16-10-9-15-8-6-4-5-7-12(13)14;2*1-3-7(2)15-6-8(4-9(11)12)5-10(13)14;2*1-3-7(2)12-5-4-11-6-8(9)10;2*1-3-7(2)11-6-4-5-8(9)10;2*1-3-5(2)9-4-6(7)8;3*1-4-5(2)3;;;;;;/h2*11H,3-10H2,1-2H3,(H,13,14);2*7-8H,3-6H2,1-2H3,(H,11,12)(H,13,14);2*7H,3-6H2,1-2H3,(H,9,10);2*7H,3-6H2,1-2H3,(H,9,10);2*5H,3-4H2,1-2H3,(H,7,8);3*5H,4H2,1-3H3;;;;;;/q;;;;;;;;;;;;;5*+1;+2/p-7. The summed E-state index contributed by atoms with van der Waals surface area (Å²) in [5.41, 5.74) is 0. The normalized spacial score (nSPS) is 12.0. The molecular formula is C103H201KLiNa3O38Zn. The van der Waals surface area contributed by atoms with Crippen LogP contribution in [0.2, 0.25) is 0 Å². The molecule has 0 aromatic heterocycles. The summed E-state index contributed by atoms with van der Waals surface area (Å²) in [6.45, 7) is 65.0. The van der Waals surface area contributed by atoms with Gasteiger partial charge in [0.2, 0.25) is 0 Å². The number of carbonyl (C=O) groups excluding carboxylic acids is 7. The molecule has 0 fully saturated rings. The summed E-state index contributed by atoms with van der Waals surface area (Å²) in [5.74, 6) is -10.8. The Morgan fingerprint density at radius 3 is 0.653 bits per heavy atom. The van der Waals surface area contributed by atoms with Crippen molar-refractivity contribution < 1.29 is 364 Å². The van der Waals surface area contributed by atoms with Crippen LogP contribution >= 0.6 is 0 Å². The zero-order chi connectivity index (χ0) is 112. The predicted octanol–water partition coefficient (Wildman–Crippen LogP) is -3.60. The van der Waals surface area contributed by atoms with E-state index in [9.17, 15) is 93.3 Å². The fraction of sp³-hybridized carbons (Fsp3) is 0.883. The van der Waals surface area contributed by atoms with Gasteiger partial charge in [0.25, 0.3) is 0 Å². The molecule has 10 atom stereocenters. The maximum Gasteiger partial charge on any atom is 2.00 e. The second-order valence-corrected chi connectivity index (χ2v) is 34.4. The third-order valence-electron chi connectivity index (χ3n) is 19.4. The van der Waals surface area contributed by atoms with Crippen molar-refractivity contribution in [3.63, 3.8) is 0 Å². The summed E-state index contributed by atoms with van der Waals surface area (Å²) in [4.78, 5) is 121. The van der Waals surface area contributed by atoms with Gasteiger partial charge < -0.3 is 161 Å². The number of aliphatic carboxylic acids is 12. The van der Waals surface area contributed by atoms with E-state index in [0.717, 1.165) is 108 Å². The first kappa shape index (κ1) is 190. The van der Waals surface area contributed by atoms with Crippen molar-refractivity contribution in [2.24, 2.45) is 29.6 Å². The van der Waals surface area contributed by atoms with Gasteiger partial charge in [-0.15, -0.1) is 0 Å². The molecule has 0 saturated carbocycles. The van der Waals surface area contributed by atoms with Gasteiger partial charge in [0.05, 0.1) is 165 Å². The Hall–Kier alpha value is -1.06. The summed E-state index contributed by atoms with van der Waals surface area (Å²) in [6, 6.07) is 0. The molecule has 0 spiro atoms. The van der Waals surface area contributed by atoms with E-state index in [4.69, 9.17) is 91.8 Å². The Balaban J connectivity index is -0.0000000716. The fourth-order valence-corrected chi connectivity index (χ4v) is 7.61. The Morgan fingerprint density at radius 2 is 0.429 bits per heavy atom. The van der Waals surface area contributed by atoms with E-state index < -0.39 is 83.5 Å².